The van der Waals surface area contributed by atoms with Crippen molar-refractivity contribution in [1.29, 1.82) is 5.26 Å². The predicted molar refractivity (Wildman–Crippen MR) is 112 cm³/mol. The van der Waals surface area contributed by atoms with E-state index in [-0.39, 0.29) is 27.9 Å². The van der Waals surface area contributed by atoms with Gasteiger partial charge in [0.25, 0.3) is 5.91 Å². The van der Waals surface area contributed by atoms with Gasteiger partial charge in [-0.2, -0.15) is 23.5 Å². The van der Waals surface area contributed by atoms with Gasteiger partial charge in [0.15, 0.2) is 0 Å². The van der Waals surface area contributed by atoms with Crippen LogP contribution in [0.3, 0.4) is 0 Å². The van der Waals surface area contributed by atoms with E-state index < -0.39 is 42.3 Å². The van der Waals surface area contributed by atoms with Crippen LogP contribution in [0.4, 0.5) is 23.2 Å². The summed E-state index contributed by atoms with van der Waals surface area (Å²) in [5.74, 6) is -3.68. The molecule has 3 aromatic rings. The number of hydrogen-bond donors (Lipinski definition) is 1. The lowest BCUT2D eigenvalue weighted by Gasteiger charge is -2.41. The fraction of sp³-hybridized carbons (Fsp3) is 0.217. The van der Waals surface area contributed by atoms with Crippen LogP contribution in [0.2, 0.25) is 0 Å². The standard InChI is InChI=1S/C23H17F4N5O2/c1-31-11-14(10-29-31)20-19(21(33)30-16-7-13(9-28)6-15(24)8-16)17-4-2-3-5-18(17)22(34)32(20)12-23(25,26)27/h2-8,10-11,19-20H,12H2,1H3,(H,30,33)/t19-,20+/m1/s1. The van der Waals surface area contributed by atoms with Gasteiger partial charge in [-0.15, -0.1) is 0 Å². The van der Waals surface area contributed by atoms with Gasteiger partial charge in [-0.25, -0.2) is 4.39 Å². The summed E-state index contributed by atoms with van der Waals surface area (Å²) in [4.78, 5) is 27.2. The molecule has 1 N–H and O–H groups in total. The maximum Gasteiger partial charge on any atom is 0.406 e. The van der Waals surface area contributed by atoms with E-state index in [1.165, 1.54) is 41.3 Å². The summed E-state index contributed by atoms with van der Waals surface area (Å²) in [7, 11) is 1.56. The van der Waals surface area contributed by atoms with Crippen molar-refractivity contribution in [3.05, 3.63) is 82.9 Å². The number of nitrogens with zero attached hydrogens (tertiary/aromatic N) is 4. The highest BCUT2D eigenvalue weighted by molar-refractivity contribution is 6.04. The molecular formula is C23H17F4N5O2. The third-order valence-corrected chi connectivity index (χ3v) is 5.43. The summed E-state index contributed by atoms with van der Waals surface area (Å²) < 4.78 is 55.7. The van der Waals surface area contributed by atoms with Crippen LogP contribution in [-0.4, -0.2) is 39.2 Å². The summed E-state index contributed by atoms with van der Waals surface area (Å²) in [5, 5.41) is 15.6. The maximum atomic E-state index is 13.9. The fourth-order valence-corrected chi connectivity index (χ4v) is 4.15. The molecule has 7 nitrogen and oxygen atoms in total. The van der Waals surface area contributed by atoms with Crippen LogP contribution in [0.1, 0.15) is 39.0 Å². The Morgan fingerprint density at radius 1 is 1.24 bits per heavy atom. The lowest BCUT2D eigenvalue weighted by atomic mass is 9.79. The number of carbonyl (C=O) groups is 2. The molecule has 0 unspecified atom stereocenters. The maximum absolute atomic E-state index is 13.9. The molecule has 2 heterocycles. The second-order valence-electron chi connectivity index (χ2n) is 7.83. The second-order valence-corrected chi connectivity index (χ2v) is 7.83. The molecule has 0 fully saturated rings. The summed E-state index contributed by atoms with van der Waals surface area (Å²) in [5.41, 5.74) is 0.338. The molecule has 174 valence electrons. The monoisotopic (exact) mass is 471 g/mol. The Morgan fingerprint density at radius 2 is 1.97 bits per heavy atom. The largest absolute Gasteiger partial charge is 0.406 e. The molecular weight excluding hydrogens is 454 g/mol. The molecule has 0 saturated carbocycles. The number of amides is 2. The van der Waals surface area contributed by atoms with E-state index in [9.17, 15) is 27.2 Å². The number of carbonyl (C=O) groups excluding carboxylic acids is 2. The van der Waals surface area contributed by atoms with Crippen LogP contribution >= 0.6 is 0 Å². The van der Waals surface area contributed by atoms with Crippen LogP contribution < -0.4 is 5.32 Å². The number of halogens is 4. The van der Waals surface area contributed by atoms with Gasteiger partial charge in [0.2, 0.25) is 5.91 Å². The lowest BCUT2D eigenvalue weighted by Crippen LogP contribution is -2.49. The van der Waals surface area contributed by atoms with Gasteiger partial charge in [-0.05, 0) is 29.8 Å². The van der Waals surface area contributed by atoms with Gasteiger partial charge in [-0.3, -0.25) is 14.3 Å². The smallest absolute Gasteiger partial charge is 0.325 e. The van der Waals surface area contributed by atoms with Gasteiger partial charge >= 0.3 is 6.18 Å². The van der Waals surface area contributed by atoms with Crippen LogP contribution in [0.25, 0.3) is 0 Å². The highest BCUT2D eigenvalue weighted by Crippen LogP contribution is 2.44. The predicted octanol–water partition coefficient (Wildman–Crippen LogP) is 3.91. The highest BCUT2D eigenvalue weighted by Gasteiger charge is 2.48. The van der Waals surface area contributed by atoms with Crippen molar-refractivity contribution in [1.82, 2.24) is 14.7 Å². The molecule has 1 aliphatic rings. The molecule has 0 aliphatic carbocycles. The Morgan fingerprint density at radius 3 is 2.62 bits per heavy atom. The SMILES string of the molecule is Cn1cc([C@H]2[C@H](C(=O)Nc3cc(F)cc(C#N)c3)c3ccccc3C(=O)N2CC(F)(F)F)cn1. The van der Waals surface area contributed by atoms with Gasteiger partial charge in [0.05, 0.1) is 29.8 Å². The van der Waals surface area contributed by atoms with Crippen LogP contribution in [0, 0.1) is 17.1 Å². The van der Waals surface area contributed by atoms with E-state index in [2.05, 4.69) is 10.4 Å². The van der Waals surface area contributed by atoms with Crippen LogP contribution in [0.5, 0.6) is 0 Å². The Balaban J connectivity index is 1.85. The summed E-state index contributed by atoms with van der Waals surface area (Å²) >= 11 is 0. The van der Waals surface area contributed by atoms with Crippen molar-refractivity contribution < 1.29 is 27.2 Å². The number of benzene rings is 2. The minimum Gasteiger partial charge on any atom is -0.325 e. The molecule has 11 heteroatoms. The minimum atomic E-state index is -4.73. The Labute approximate surface area is 191 Å². The first kappa shape index (κ1) is 23.0. The topological polar surface area (TPSA) is 91.0 Å². The van der Waals surface area contributed by atoms with Gasteiger partial charge < -0.3 is 10.2 Å². The molecule has 0 radical (unpaired) electrons. The van der Waals surface area contributed by atoms with Crippen molar-refractivity contribution in [3.63, 3.8) is 0 Å². The fourth-order valence-electron chi connectivity index (χ4n) is 4.15. The first-order valence-corrected chi connectivity index (χ1v) is 10.0. The van der Waals surface area contributed by atoms with E-state index >= 15 is 0 Å². The minimum absolute atomic E-state index is 0.0380. The number of hydrogen-bond acceptors (Lipinski definition) is 4. The third-order valence-electron chi connectivity index (χ3n) is 5.43. The number of fused-ring (bicyclic) bond motifs is 1. The van der Waals surface area contributed by atoms with E-state index in [1.54, 1.807) is 19.2 Å². The summed E-state index contributed by atoms with van der Waals surface area (Å²) in [6, 6.07) is 9.58. The van der Waals surface area contributed by atoms with E-state index in [0.717, 1.165) is 12.1 Å². The Bertz CT molecular complexity index is 1310. The van der Waals surface area contributed by atoms with E-state index in [0.29, 0.717) is 4.90 Å². The summed E-state index contributed by atoms with van der Waals surface area (Å²) in [6.07, 6.45) is -2.00. The van der Waals surface area contributed by atoms with Gasteiger partial charge in [-0.1, -0.05) is 18.2 Å². The molecule has 4 rings (SSSR count). The number of anilines is 1. The highest BCUT2D eigenvalue weighted by atomic mass is 19.4. The van der Waals surface area contributed by atoms with Crippen molar-refractivity contribution in [3.8, 4) is 6.07 Å². The number of aromatic nitrogens is 2. The number of alkyl halides is 3. The van der Waals surface area contributed by atoms with Crippen LogP contribution in [0.15, 0.2) is 54.9 Å². The zero-order valence-electron chi connectivity index (χ0n) is 17.7. The average Bonchev–Trinajstić information content (AvgIpc) is 3.19. The number of nitriles is 1. The number of aryl methyl sites for hydroxylation is 1. The average molecular weight is 471 g/mol. The van der Waals surface area contributed by atoms with Crippen LogP contribution in [-0.2, 0) is 11.8 Å². The third kappa shape index (κ3) is 4.47. The molecule has 2 aromatic carbocycles. The molecule has 34 heavy (non-hydrogen) atoms. The van der Waals surface area contributed by atoms with Gasteiger partial charge in [0.1, 0.15) is 12.4 Å². The second kappa shape index (κ2) is 8.62. The van der Waals surface area contributed by atoms with Crippen molar-refractivity contribution in [2.45, 2.75) is 18.1 Å². The van der Waals surface area contributed by atoms with Gasteiger partial charge in [0, 0.05) is 30.1 Å². The molecule has 2 atom stereocenters. The first-order chi connectivity index (χ1) is 16.1. The molecule has 0 spiro atoms. The Hall–Kier alpha value is -4.20. The molecule has 0 saturated heterocycles. The zero-order chi connectivity index (χ0) is 24.6. The first-order valence-electron chi connectivity index (χ1n) is 10.0. The number of rotatable bonds is 4. The molecule has 1 aliphatic heterocycles. The normalized spacial score (nSPS) is 17.8. The summed E-state index contributed by atoms with van der Waals surface area (Å²) in [6.45, 7) is -1.58. The Kier molecular flexibility index (Phi) is 5.83. The quantitative estimate of drug-likeness (QED) is 0.584. The zero-order valence-corrected chi connectivity index (χ0v) is 17.7. The van der Waals surface area contributed by atoms with Crippen molar-refractivity contribution in [2.24, 2.45) is 7.05 Å². The van der Waals surface area contributed by atoms with E-state index in [4.69, 9.17) is 5.26 Å². The van der Waals surface area contributed by atoms with E-state index in [1.807, 2.05) is 0 Å². The van der Waals surface area contributed by atoms with Crippen molar-refractivity contribution >= 4 is 17.5 Å². The molecule has 0 bridgehead atoms. The molecule has 2 amide bonds. The lowest BCUT2D eigenvalue weighted by molar-refractivity contribution is -0.148. The number of nitrogens with one attached hydrogen (secondary N) is 1. The molecule has 1 aromatic heterocycles. The van der Waals surface area contributed by atoms with Crippen molar-refractivity contribution in [2.75, 3.05) is 11.9 Å².